The minimum Gasteiger partial charge on any atom is -0.497 e. The van der Waals surface area contributed by atoms with Crippen LogP contribution in [0, 0.1) is 0 Å². The molecule has 0 spiro atoms. The van der Waals surface area contributed by atoms with Crippen molar-refractivity contribution < 1.29 is 14.6 Å². The minimum absolute atomic E-state index is 0.0447. The van der Waals surface area contributed by atoms with E-state index in [2.05, 4.69) is 12.6 Å². The lowest BCUT2D eigenvalue weighted by Crippen LogP contribution is -1.97. The van der Waals surface area contributed by atoms with Crippen LogP contribution >= 0.6 is 12.6 Å². The molecule has 3 nitrogen and oxygen atoms in total. The molecule has 0 saturated carbocycles. The smallest absolute Gasteiger partial charge is 0.342 e. The van der Waals surface area contributed by atoms with Gasteiger partial charge in [0.25, 0.3) is 0 Å². The van der Waals surface area contributed by atoms with Gasteiger partial charge in [0.2, 0.25) is 0 Å². The zero-order valence-electron chi connectivity index (χ0n) is 8.52. The van der Waals surface area contributed by atoms with Crippen molar-refractivity contribution in [3.63, 3.8) is 0 Å². The van der Waals surface area contributed by atoms with Gasteiger partial charge in [0.1, 0.15) is 5.75 Å². The predicted molar refractivity (Wildman–Crippen MR) is 62.2 cm³/mol. The second-order valence-electron chi connectivity index (χ2n) is 3.01. The highest BCUT2D eigenvalue weighted by Gasteiger charge is 2.08. The van der Waals surface area contributed by atoms with E-state index < -0.39 is 5.97 Å². The lowest BCUT2D eigenvalue weighted by Gasteiger charge is -2.06. The van der Waals surface area contributed by atoms with Crippen molar-refractivity contribution in [2.24, 2.45) is 0 Å². The van der Waals surface area contributed by atoms with Gasteiger partial charge in [-0.05, 0) is 30.2 Å². The molecule has 0 aromatic heterocycles. The first-order valence-corrected chi connectivity index (χ1v) is 4.78. The largest absolute Gasteiger partial charge is 0.497 e. The summed E-state index contributed by atoms with van der Waals surface area (Å²) in [4.78, 5) is 10.7. The second-order valence-corrected chi connectivity index (χ2v) is 3.46. The van der Waals surface area contributed by atoms with E-state index in [1.165, 1.54) is 0 Å². The molecule has 0 atom stereocenters. The summed E-state index contributed by atoms with van der Waals surface area (Å²) in [6.45, 7) is 1.71. The van der Waals surface area contributed by atoms with Crippen LogP contribution in [0.5, 0.6) is 5.75 Å². The first kappa shape index (κ1) is 11.7. The number of allylic oxidation sites excluding steroid dienone is 1. The molecule has 0 heterocycles. The molecule has 80 valence electrons. The third-order valence-electron chi connectivity index (χ3n) is 2.06. The van der Waals surface area contributed by atoms with Gasteiger partial charge in [0.15, 0.2) is 0 Å². The van der Waals surface area contributed by atoms with E-state index in [0.29, 0.717) is 11.3 Å². The van der Waals surface area contributed by atoms with Crippen LogP contribution in [0.4, 0.5) is 0 Å². The molecular formula is C11H12O3S. The topological polar surface area (TPSA) is 46.5 Å². The van der Waals surface area contributed by atoms with E-state index in [-0.39, 0.29) is 4.91 Å². The summed E-state index contributed by atoms with van der Waals surface area (Å²) in [7, 11) is 1.57. The third-order valence-corrected chi connectivity index (χ3v) is 2.59. The molecule has 1 N–H and O–H groups in total. The van der Waals surface area contributed by atoms with Crippen molar-refractivity contribution >= 4 is 24.2 Å². The Kier molecular flexibility index (Phi) is 3.80. The van der Waals surface area contributed by atoms with Crippen LogP contribution in [-0.2, 0) is 4.79 Å². The number of ether oxygens (including phenoxy) is 1. The maximum Gasteiger partial charge on any atom is 0.342 e. The molecule has 0 unspecified atom stereocenters. The number of benzene rings is 1. The molecule has 15 heavy (non-hydrogen) atoms. The first-order valence-electron chi connectivity index (χ1n) is 4.34. The average molecular weight is 224 g/mol. The number of thiol groups is 1. The van der Waals surface area contributed by atoms with Crippen molar-refractivity contribution in [1.29, 1.82) is 0 Å². The van der Waals surface area contributed by atoms with Gasteiger partial charge in [0, 0.05) is 0 Å². The van der Waals surface area contributed by atoms with E-state index in [1.54, 1.807) is 32.2 Å². The highest BCUT2D eigenvalue weighted by atomic mass is 32.1. The summed E-state index contributed by atoms with van der Waals surface area (Å²) in [5.41, 5.74) is 1.41. The van der Waals surface area contributed by atoms with Crippen LogP contribution in [0.3, 0.4) is 0 Å². The van der Waals surface area contributed by atoms with Crippen LogP contribution in [0.15, 0.2) is 29.2 Å². The van der Waals surface area contributed by atoms with Gasteiger partial charge < -0.3 is 9.84 Å². The maximum atomic E-state index is 10.7. The first-order chi connectivity index (χ1) is 7.06. The Morgan fingerprint density at radius 2 is 2.13 bits per heavy atom. The third kappa shape index (κ3) is 2.76. The molecule has 1 aromatic rings. The lowest BCUT2D eigenvalue weighted by atomic mass is 10.1. The molecule has 0 amide bonds. The molecule has 4 heteroatoms. The monoisotopic (exact) mass is 224 g/mol. The zero-order chi connectivity index (χ0) is 11.4. The van der Waals surface area contributed by atoms with Gasteiger partial charge in [-0.15, -0.1) is 12.6 Å². The SMILES string of the molecule is COc1cccc(/C(C)=C(\S)C(=O)O)c1. The van der Waals surface area contributed by atoms with E-state index in [1.807, 2.05) is 6.07 Å². The molecular weight excluding hydrogens is 212 g/mol. The summed E-state index contributed by atoms with van der Waals surface area (Å²) in [6.07, 6.45) is 0. The van der Waals surface area contributed by atoms with Crippen LogP contribution < -0.4 is 4.74 Å². The number of hydrogen-bond donors (Lipinski definition) is 2. The van der Waals surface area contributed by atoms with Gasteiger partial charge in [-0.2, -0.15) is 0 Å². The molecule has 0 saturated heterocycles. The summed E-state index contributed by atoms with van der Waals surface area (Å²) in [6, 6.07) is 7.20. The predicted octanol–water partition coefficient (Wildman–Crippen LogP) is 2.44. The molecule has 1 aromatic carbocycles. The number of carbonyl (C=O) groups is 1. The fraction of sp³-hybridized carbons (Fsp3) is 0.182. The van der Waals surface area contributed by atoms with Crippen LogP contribution in [0.25, 0.3) is 5.57 Å². The van der Waals surface area contributed by atoms with E-state index in [4.69, 9.17) is 9.84 Å². The average Bonchev–Trinajstić information content (AvgIpc) is 2.27. The molecule has 0 radical (unpaired) electrons. The summed E-state index contributed by atoms with van der Waals surface area (Å²) < 4.78 is 5.05. The van der Waals surface area contributed by atoms with Gasteiger partial charge in [-0.3, -0.25) is 0 Å². The minimum atomic E-state index is -1.03. The molecule has 0 aliphatic carbocycles. The quantitative estimate of drug-likeness (QED) is 0.612. The highest BCUT2D eigenvalue weighted by molar-refractivity contribution is 7.85. The Morgan fingerprint density at radius 1 is 1.47 bits per heavy atom. The van der Waals surface area contributed by atoms with Crippen molar-refractivity contribution in [3.05, 3.63) is 34.7 Å². The number of methoxy groups -OCH3 is 1. The standard InChI is InChI=1S/C11H12O3S/c1-7(10(15)11(12)13)8-4-3-5-9(6-8)14-2/h3-6,15H,1-2H3,(H,12,13)/b10-7-. The van der Waals surface area contributed by atoms with Gasteiger partial charge in [-0.25, -0.2) is 4.79 Å². The molecule has 0 aliphatic rings. The Balaban J connectivity index is 3.16. The van der Waals surface area contributed by atoms with E-state index in [0.717, 1.165) is 5.56 Å². The number of aliphatic carboxylic acids is 1. The number of carboxylic acid groups (broad SMARTS) is 1. The van der Waals surface area contributed by atoms with Crippen LogP contribution in [0.2, 0.25) is 0 Å². The fourth-order valence-electron chi connectivity index (χ4n) is 1.15. The van der Waals surface area contributed by atoms with Crippen LogP contribution in [0.1, 0.15) is 12.5 Å². The van der Waals surface area contributed by atoms with Gasteiger partial charge in [-0.1, -0.05) is 12.1 Å². The van der Waals surface area contributed by atoms with Gasteiger partial charge in [0.05, 0.1) is 12.0 Å². The molecule has 0 aliphatic heterocycles. The summed E-state index contributed by atoms with van der Waals surface area (Å²) in [5, 5.41) is 8.77. The van der Waals surface area contributed by atoms with Crippen LogP contribution in [-0.4, -0.2) is 18.2 Å². The number of hydrogen-bond acceptors (Lipinski definition) is 3. The molecule has 1 rings (SSSR count). The lowest BCUT2D eigenvalue weighted by molar-refractivity contribution is -0.131. The number of carboxylic acids is 1. The van der Waals surface area contributed by atoms with Crippen molar-refractivity contribution in [2.75, 3.05) is 7.11 Å². The number of rotatable bonds is 3. The normalized spacial score (nSPS) is 11.9. The highest BCUT2D eigenvalue weighted by Crippen LogP contribution is 2.24. The summed E-state index contributed by atoms with van der Waals surface area (Å²) in [5.74, 6) is -0.336. The Labute approximate surface area is 93.8 Å². The Bertz CT molecular complexity index is 410. The molecule has 0 bridgehead atoms. The summed E-state index contributed by atoms with van der Waals surface area (Å²) >= 11 is 3.93. The Morgan fingerprint density at radius 3 is 2.67 bits per heavy atom. The van der Waals surface area contributed by atoms with E-state index in [9.17, 15) is 4.79 Å². The van der Waals surface area contributed by atoms with Gasteiger partial charge >= 0.3 is 5.97 Å². The van der Waals surface area contributed by atoms with E-state index >= 15 is 0 Å². The molecule has 0 fully saturated rings. The Hall–Kier alpha value is -1.42. The fourth-order valence-corrected chi connectivity index (χ4v) is 1.28. The maximum absolute atomic E-state index is 10.7. The second kappa shape index (κ2) is 4.89. The van der Waals surface area contributed by atoms with Crippen molar-refractivity contribution in [3.8, 4) is 5.75 Å². The van der Waals surface area contributed by atoms with Crippen molar-refractivity contribution in [1.82, 2.24) is 0 Å². The van der Waals surface area contributed by atoms with Crippen molar-refractivity contribution in [2.45, 2.75) is 6.92 Å². The zero-order valence-corrected chi connectivity index (χ0v) is 9.41.